The first-order chi connectivity index (χ1) is 18.9. The van der Waals surface area contributed by atoms with E-state index in [0.29, 0.717) is 28.3 Å². The van der Waals surface area contributed by atoms with Gasteiger partial charge in [-0.25, -0.2) is 9.97 Å². The molecule has 0 saturated carbocycles. The van der Waals surface area contributed by atoms with E-state index >= 15 is 0 Å². The number of hydrogen-bond donors (Lipinski definition) is 3. The molecule has 0 radical (unpaired) electrons. The first kappa shape index (κ1) is 28.7. The number of aryl methyl sites for hydroxylation is 1. The molecular formula is C30H33F2N5O3. The fraction of sp³-hybridized carbons (Fsp3) is 0.300. The molecule has 0 aliphatic heterocycles. The number of hydrogen-bond acceptors (Lipinski definition) is 7. The minimum absolute atomic E-state index is 0.0519. The minimum atomic E-state index is -3.33. The van der Waals surface area contributed by atoms with E-state index in [2.05, 4.69) is 15.3 Å². The van der Waals surface area contributed by atoms with Crippen molar-refractivity contribution in [2.24, 2.45) is 0 Å². The number of aliphatic hydroxyl groups is 1. The Morgan fingerprint density at radius 2 is 1.73 bits per heavy atom. The molecule has 0 spiro atoms. The number of halogens is 2. The molecule has 1 atom stereocenters. The molecule has 1 heterocycles. The number of phenols is 1. The zero-order valence-corrected chi connectivity index (χ0v) is 23.1. The van der Waals surface area contributed by atoms with Crippen LogP contribution >= 0.6 is 0 Å². The lowest BCUT2D eigenvalue weighted by Crippen LogP contribution is -2.23. The van der Waals surface area contributed by atoms with E-state index in [-0.39, 0.29) is 29.7 Å². The number of aromatic hydroxyl groups is 1. The van der Waals surface area contributed by atoms with Crippen molar-refractivity contribution in [3.05, 3.63) is 83.2 Å². The van der Waals surface area contributed by atoms with Crippen LogP contribution in [0.1, 0.15) is 35.5 Å². The third-order valence-corrected chi connectivity index (χ3v) is 6.83. The van der Waals surface area contributed by atoms with Gasteiger partial charge in [-0.05, 0) is 61.9 Å². The largest absolute Gasteiger partial charge is 0.508 e. The van der Waals surface area contributed by atoms with Crippen LogP contribution in [0.2, 0.25) is 0 Å². The number of aromatic nitrogens is 2. The van der Waals surface area contributed by atoms with Crippen LogP contribution in [0.15, 0.2) is 60.7 Å². The lowest BCUT2D eigenvalue weighted by Gasteiger charge is -2.23. The molecule has 0 aliphatic carbocycles. The Balaban J connectivity index is 1.67. The van der Waals surface area contributed by atoms with Crippen molar-refractivity contribution in [3.63, 3.8) is 0 Å². The number of aliphatic hydroxyl groups excluding tert-OH is 1. The molecule has 1 amide bonds. The van der Waals surface area contributed by atoms with Crippen LogP contribution in [-0.4, -0.2) is 58.7 Å². The van der Waals surface area contributed by atoms with Crippen LogP contribution in [0.25, 0.3) is 10.9 Å². The van der Waals surface area contributed by atoms with Gasteiger partial charge in [0.15, 0.2) is 0 Å². The molecule has 3 N–H and O–H groups in total. The van der Waals surface area contributed by atoms with E-state index in [4.69, 9.17) is 5.11 Å². The molecule has 8 nitrogen and oxygen atoms in total. The third-order valence-electron chi connectivity index (χ3n) is 6.83. The number of alkyl halides is 2. The van der Waals surface area contributed by atoms with Gasteiger partial charge >= 0.3 is 0 Å². The van der Waals surface area contributed by atoms with Crippen molar-refractivity contribution >= 4 is 34.0 Å². The van der Waals surface area contributed by atoms with Crippen LogP contribution in [0.3, 0.4) is 0 Å². The van der Waals surface area contributed by atoms with Gasteiger partial charge in [0.05, 0.1) is 11.9 Å². The van der Waals surface area contributed by atoms with Crippen LogP contribution in [0, 0.1) is 6.92 Å². The van der Waals surface area contributed by atoms with E-state index in [0.717, 1.165) is 16.8 Å². The van der Waals surface area contributed by atoms with Crippen molar-refractivity contribution in [2.75, 3.05) is 38.0 Å². The number of nitrogens with zero attached hydrogens (tertiary/aromatic N) is 4. The quantitative estimate of drug-likeness (QED) is 0.260. The van der Waals surface area contributed by atoms with Crippen molar-refractivity contribution in [3.8, 4) is 5.75 Å². The smallest absolute Gasteiger partial charge is 0.295 e. The summed E-state index contributed by atoms with van der Waals surface area (Å²) in [6.45, 7) is 2.37. The van der Waals surface area contributed by atoms with Gasteiger partial charge in [0, 0.05) is 55.1 Å². The monoisotopic (exact) mass is 549 g/mol. The summed E-state index contributed by atoms with van der Waals surface area (Å²) in [6.07, 6.45) is 0.0722. The Kier molecular flexibility index (Phi) is 8.20. The fourth-order valence-electron chi connectivity index (χ4n) is 4.36. The molecule has 40 heavy (non-hydrogen) atoms. The number of rotatable bonds is 9. The van der Waals surface area contributed by atoms with Gasteiger partial charge in [0.1, 0.15) is 24.0 Å². The van der Waals surface area contributed by atoms with Crippen LogP contribution in [0.5, 0.6) is 5.75 Å². The van der Waals surface area contributed by atoms with Gasteiger partial charge in [0.2, 0.25) is 5.91 Å². The highest BCUT2D eigenvalue weighted by molar-refractivity contribution is 5.92. The van der Waals surface area contributed by atoms with Gasteiger partial charge < -0.3 is 25.3 Å². The van der Waals surface area contributed by atoms with Crippen molar-refractivity contribution in [2.45, 2.75) is 32.2 Å². The number of carbonyl (C=O) groups excluding carboxylic acids is 1. The lowest BCUT2D eigenvalue weighted by molar-refractivity contribution is -0.128. The number of benzene rings is 3. The number of carbonyl (C=O) groups is 1. The van der Waals surface area contributed by atoms with E-state index in [1.165, 1.54) is 17.0 Å². The molecular weight excluding hydrogens is 516 g/mol. The Morgan fingerprint density at radius 3 is 2.42 bits per heavy atom. The maximum atomic E-state index is 14.1. The SMILES string of the molecule is Cc1nc(NC(C)c2cccc(C(F)(F)CO)c2)c2cc(N(C)c3ccc(O)c(CC(=O)N(C)C)c3)ccc2n1. The highest BCUT2D eigenvalue weighted by Crippen LogP contribution is 2.34. The Morgan fingerprint density at radius 1 is 1.02 bits per heavy atom. The van der Waals surface area contributed by atoms with Crippen LogP contribution in [-0.2, 0) is 17.1 Å². The maximum absolute atomic E-state index is 14.1. The summed E-state index contributed by atoms with van der Waals surface area (Å²) in [5, 5.41) is 23.5. The fourth-order valence-corrected chi connectivity index (χ4v) is 4.36. The minimum Gasteiger partial charge on any atom is -0.508 e. The van der Waals surface area contributed by atoms with E-state index in [1.54, 1.807) is 51.4 Å². The van der Waals surface area contributed by atoms with Gasteiger partial charge in [-0.1, -0.05) is 18.2 Å². The molecule has 0 aliphatic rings. The number of phenolic OH excluding ortho intramolecular Hbond substituents is 1. The predicted molar refractivity (Wildman–Crippen MR) is 152 cm³/mol. The molecule has 4 aromatic rings. The zero-order valence-electron chi connectivity index (χ0n) is 23.1. The third kappa shape index (κ3) is 6.12. The highest BCUT2D eigenvalue weighted by Gasteiger charge is 2.30. The number of anilines is 3. The predicted octanol–water partition coefficient (Wildman–Crippen LogP) is 5.30. The second-order valence-corrected chi connectivity index (χ2v) is 10.0. The highest BCUT2D eigenvalue weighted by atomic mass is 19.3. The van der Waals surface area contributed by atoms with E-state index in [1.807, 2.05) is 37.1 Å². The van der Waals surface area contributed by atoms with Crippen LogP contribution < -0.4 is 10.2 Å². The van der Waals surface area contributed by atoms with Gasteiger partial charge in [-0.15, -0.1) is 0 Å². The number of fused-ring (bicyclic) bond motifs is 1. The van der Waals surface area contributed by atoms with Gasteiger partial charge in [-0.3, -0.25) is 4.79 Å². The van der Waals surface area contributed by atoms with Crippen molar-refractivity contribution < 1.29 is 23.8 Å². The van der Waals surface area contributed by atoms with E-state index in [9.17, 15) is 18.7 Å². The average molecular weight is 550 g/mol. The first-order valence-electron chi connectivity index (χ1n) is 12.8. The topological polar surface area (TPSA) is 102 Å². The number of amides is 1. The second-order valence-electron chi connectivity index (χ2n) is 10.0. The van der Waals surface area contributed by atoms with Gasteiger partial charge in [-0.2, -0.15) is 8.78 Å². The summed E-state index contributed by atoms with van der Waals surface area (Å²) in [6, 6.07) is 16.4. The molecule has 10 heteroatoms. The summed E-state index contributed by atoms with van der Waals surface area (Å²) in [7, 11) is 5.21. The Labute approximate surface area is 231 Å². The molecule has 1 unspecified atom stereocenters. The Bertz CT molecular complexity index is 1540. The molecule has 210 valence electrons. The first-order valence-corrected chi connectivity index (χ1v) is 12.8. The van der Waals surface area contributed by atoms with E-state index < -0.39 is 12.5 Å². The lowest BCUT2D eigenvalue weighted by atomic mass is 10.0. The van der Waals surface area contributed by atoms with Crippen molar-refractivity contribution in [1.82, 2.24) is 14.9 Å². The van der Waals surface area contributed by atoms with Crippen LogP contribution in [0.4, 0.5) is 26.0 Å². The second kappa shape index (κ2) is 11.4. The molecule has 0 fully saturated rings. The molecule has 4 rings (SSSR count). The summed E-state index contributed by atoms with van der Waals surface area (Å²) in [4.78, 5) is 24.8. The summed E-state index contributed by atoms with van der Waals surface area (Å²) in [5.74, 6) is -2.30. The molecule has 0 saturated heterocycles. The summed E-state index contributed by atoms with van der Waals surface area (Å²) >= 11 is 0. The zero-order chi connectivity index (χ0) is 29.2. The molecule has 3 aromatic carbocycles. The standard InChI is InChI=1S/C30H33F2N5O3/c1-18(20-7-6-8-22(13-20)30(31,32)17-38)33-29-25-16-24(9-11-26(25)34-19(2)35-29)37(5)23-10-12-27(39)21(14-23)15-28(40)36(3)4/h6-14,16,18,38-39H,15,17H2,1-5H3,(H,33,34,35). The maximum Gasteiger partial charge on any atom is 0.295 e. The van der Waals surface area contributed by atoms with Crippen molar-refractivity contribution in [1.29, 1.82) is 0 Å². The average Bonchev–Trinajstić information content (AvgIpc) is 2.93. The summed E-state index contributed by atoms with van der Waals surface area (Å²) < 4.78 is 28.2. The Hall–Kier alpha value is -4.31. The molecule has 1 aromatic heterocycles. The summed E-state index contributed by atoms with van der Waals surface area (Å²) in [5.41, 5.74) is 3.18. The molecule has 0 bridgehead atoms. The number of nitrogens with one attached hydrogen (secondary N) is 1. The number of likely N-dealkylation sites (N-methyl/N-ethyl adjacent to an activating group) is 1. The van der Waals surface area contributed by atoms with Gasteiger partial charge in [0.25, 0.3) is 5.92 Å². The normalized spacial score (nSPS) is 12.3.